The first kappa shape index (κ1) is 14.8. The van der Waals surface area contributed by atoms with E-state index in [0.717, 1.165) is 5.82 Å². The van der Waals surface area contributed by atoms with E-state index < -0.39 is 0 Å². The zero-order valence-corrected chi connectivity index (χ0v) is 12.2. The molecule has 0 unspecified atom stereocenters. The maximum absolute atomic E-state index is 11.9. The van der Waals surface area contributed by atoms with Crippen molar-refractivity contribution in [2.75, 3.05) is 24.2 Å². The van der Waals surface area contributed by atoms with Gasteiger partial charge in [-0.25, -0.2) is 4.79 Å². The number of carbonyl (C=O) groups is 1. The Morgan fingerprint density at radius 1 is 1.48 bits per heavy atom. The van der Waals surface area contributed by atoms with Crippen LogP contribution < -0.4 is 11.1 Å². The summed E-state index contributed by atoms with van der Waals surface area (Å²) in [6.45, 7) is 2.69. The summed E-state index contributed by atoms with van der Waals surface area (Å²) in [5.74, 6) is 0.473. The van der Waals surface area contributed by atoms with Crippen LogP contribution in [0.25, 0.3) is 0 Å². The number of nitrogens with one attached hydrogen (secondary N) is 1. The molecule has 0 amide bonds. The molecule has 0 fully saturated rings. The van der Waals surface area contributed by atoms with Crippen molar-refractivity contribution in [2.45, 2.75) is 13.3 Å². The molecule has 2 rings (SSSR count). The first-order chi connectivity index (χ1) is 10.1. The molecule has 0 spiro atoms. The van der Waals surface area contributed by atoms with Crippen molar-refractivity contribution in [1.29, 1.82) is 0 Å². The number of aryl methyl sites for hydroxylation is 1. The van der Waals surface area contributed by atoms with E-state index in [0.29, 0.717) is 36.5 Å². The minimum absolute atomic E-state index is 0.325. The molecular formula is C14H19N5O2. The second-order valence-corrected chi connectivity index (χ2v) is 4.53. The van der Waals surface area contributed by atoms with Gasteiger partial charge in [0.2, 0.25) is 0 Å². The summed E-state index contributed by atoms with van der Waals surface area (Å²) in [5, 5.41) is 11.0. The van der Waals surface area contributed by atoms with Crippen LogP contribution in [-0.4, -0.2) is 33.9 Å². The van der Waals surface area contributed by atoms with Gasteiger partial charge in [0, 0.05) is 20.0 Å². The minimum Gasteiger partial charge on any atom is -0.462 e. The first-order valence-corrected chi connectivity index (χ1v) is 6.75. The fourth-order valence-corrected chi connectivity index (χ4v) is 1.98. The van der Waals surface area contributed by atoms with Crippen LogP contribution in [0.3, 0.4) is 0 Å². The molecule has 0 bridgehead atoms. The molecule has 1 heterocycles. The summed E-state index contributed by atoms with van der Waals surface area (Å²) in [7, 11) is 1.89. The Balaban J connectivity index is 2.08. The number of nitrogens with zero attached hydrogens (tertiary/aromatic N) is 3. The van der Waals surface area contributed by atoms with Crippen molar-refractivity contribution in [2.24, 2.45) is 7.05 Å². The number of anilines is 2. The van der Waals surface area contributed by atoms with Crippen LogP contribution in [0.15, 0.2) is 24.5 Å². The van der Waals surface area contributed by atoms with Crippen molar-refractivity contribution in [3.05, 3.63) is 35.9 Å². The van der Waals surface area contributed by atoms with Crippen LogP contribution in [0.5, 0.6) is 0 Å². The third-order valence-electron chi connectivity index (χ3n) is 3.05. The van der Waals surface area contributed by atoms with Gasteiger partial charge >= 0.3 is 5.97 Å². The first-order valence-electron chi connectivity index (χ1n) is 6.75. The van der Waals surface area contributed by atoms with E-state index >= 15 is 0 Å². The lowest BCUT2D eigenvalue weighted by molar-refractivity contribution is 0.0527. The Morgan fingerprint density at radius 3 is 2.95 bits per heavy atom. The summed E-state index contributed by atoms with van der Waals surface area (Å²) in [6.07, 6.45) is 2.32. The number of benzene rings is 1. The van der Waals surface area contributed by atoms with Crippen molar-refractivity contribution < 1.29 is 9.53 Å². The number of hydrogen-bond acceptors (Lipinski definition) is 6. The van der Waals surface area contributed by atoms with Gasteiger partial charge in [0.25, 0.3) is 0 Å². The van der Waals surface area contributed by atoms with Crippen molar-refractivity contribution >= 4 is 17.3 Å². The molecule has 2 aromatic rings. The van der Waals surface area contributed by atoms with Gasteiger partial charge < -0.3 is 20.4 Å². The summed E-state index contributed by atoms with van der Waals surface area (Å²) in [5.41, 5.74) is 7.49. The van der Waals surface area contributed by atoms with Crippen LogP contribution >= 0.6 is 0 Å². The largest absolute Gasteiger partial charge is 0.462 e. The molecule has 0 saturated heterocycles. The normalized spacial score (nSPS) is 10.4. The molecular weight excluding hydrogens is 270 g/mol. The van der Waals surface area contributed by atoms with Gasteiger partial charge in [-0.3, -0.25) is 0 Å². The minimum atomic E-state index is -0.383. The summed E-state index contributed by atoms with van der Waals surface area (Å²) >= 11 is 0. The van der Waals surface area contributed by atoms with Crippen molar-refractivity contribution in [3.8, 4) is 0 Å². The molecule has 7 nitrogen and oxygen atoms in total. The Kier molecular flexibility index (Phi) is 4.76. The molecule has 0 radical (unpaired) electrons. The Bertz CT molecular complexity index is 624. The van der Waals surface area contributed by atoms with Crippen LogP contribution in [0.1, 0.15) is 23.1 Å². The van der Waals surface area contributed by atoms with Crippen LogP contribution in [0, 0.1) is 0 Å². The van der Waals surface area contributed by atoms with Gasteiger partial charge in [0.05, 0.1) is 23.5 Å². The molecule has 0 aliphatic carbocycles. The second-order valence-electron chi connectivity index (χ2n) is 4.53. The second kappa shape index (κ2) is 6.74. The van der Waals surface area contributed by atoms with Crippen LogP contribution in [-0.2, 0) is 18.2 Å². The van der Waals surface area contributed by atoms with Gasteiger partial charge in [-0.2, -0.15) is 0 Å². The fourth-order valence-electron chi connectivity index (χ4n) is 1.98. The number of hydrogen-bond donors (Lipinski definition) is 2. The predicted octanol–water partition coefficient (Wildman–Crippen LogP) is 1.23. The quantitative estimate of drug-likeness (QED) is 0.613. The maximum Gasteiger partial charge on any atom is 0.340 e. The predicted molar refractivity (Wildman–Crippen MR) is 80.0 cm³/mol. The molecule has 0 atom stereocenters. The van der Waals surface area contributed by atoms with E-state index in [4.69, 9.17) is 10.5 Å². The Labute approximate surface area is 123 Å². The highest BCUT2D eigenvalue weighted by atomic mass is 16.5. The lowest BCUT2D eigenvalue weighted by Crippen LogP contribution is -2.14. The molecule has 0 aliphatic heterocycles. The van der Waals surface area contributed by atoms with Crippen molar-refractivity contribution in [1.82, 2.24) is 14.8 Å². The lowest BCUT2D eigenvalue weighted by atomic mass is 10.1. The molecule has 1 aromatic heterocycles. The molecule has 0 saturated carbocycles. The molecule has 1 aromatic carbocycles. The zero-order chi connectivity index (χ0) is 15.2. The molecule has 3 N–H and O–H groups in total. The van der Waals surface area contributed by atoms with E-state index in [2.05, 4.69) is 15.5 Å². The monoisotopic (exact) mass is 289 g/mol. The van der Waals surface area contributed by atoms with Gasteiger partial charge in [-0.15, -0.1) is 10.2 Å². The average molecular weight is 289 g/mol. The third-order valence-corrected chi connectivity index (χ3v) is 3.05. The van der Waals surface area contributed by atoms with Gasteiger partial charge in [-0.1, -0.05) is 6.07 Å². The summed E-state index contributed by atoms with van der Waals surface area (Å²) in [4.78, 5) is 11.9. The molecule has 7 heteroatoms. The highest BCUT2D eigenvalue weighted by Crippen LogP contribution is 2.24. The standard InChI is InChI=1S/C14H19N5O2/c1-3-21-14(20)10-5-4-6-11(15)13(10)16-8-7-12-18-17-9-19(12)2/h4-6,9,16H,3,7-8,15H2,1-2H3. The SMILES string of the molecule is CCOC(=O)c1cccc(N)c1NCCc1nncn1C. The highest BCUT2D eigenvalue weighted by molar-refractivity contribution is 5.98. The van der Waals surface area contributed by atoms with E-state index in [1.807, 2.05) is 11.6 Å². The summed E-state index contributed by atoms with van der Waals surface area (Å²) < 4.78 is 6.88. The zero-order valence-electron chi connectivity index (χ0n) is 12.2. The number of para-hydroxylation sites is 1. The average Bonchev–Trinajstić information content (AvgIpc) is 2.86. The molecule has 0 aliphatic rings. The highest BCUT2D eigenvalue weighted by Gasteiger charge is 2.14. The van der Waals surface area contributed by atoms with E-state index in [9.17, 15) is 4.79 Å². The van der Waals surface area contributed by atoms with Crippen molar-refractivity contribution in [3.63, 3.8) is 0 Å². The lowest BCUT2D eigenvalue weighted by Gasteiger charge is -2.13. The van der Waals surface area contributed by atoms with E-state index in [-0.39, 0.29) is 5.97 Å². The number of carbonyl (C=O) groups excluding carboxylic acids is 1. The Hall–Kier alpha value is -2.57. The topological polar surface area (TPSA) is 95.1 Å². The Morgan fingerprint density at radius 2 is 2.29 bits per heavy atom. The maximum atomic E-state index is 11.9. The number of ether oxygens (including phenoxy) is 1. The van der Waals surface area contributed by atoms with Gasteiger partial charge in [-0.05, 0) is 19.1 Å². The fraction of sp³-hybridized carbons (Fsp3) is 0.357. The molecule has 112 valence electrons. The number of aromatic nitrogens is 3. The van der Waals surface area contributed by atoms with Gasteiger partial charge in [0.15, 0.2) is 0 Å². The van der Waals surface area contributed by atoms with E-state index in [1.165, 1.54) is 0 Å². The van der Waals surface area contributed by atoms with Crippen LogP contribution in [0.2, 0.25) is 0 Å². The number of nitrogen functional groups attached to an aromatic ring is 1. The molecule has 21 heavy (non-hydrogen) atoms. The smallest absolute Gasteiger partial charge is 0.340 e. The number of nitrogens with two attached hydrogens (primary N) is 1. The van der Waals surface area contributed by atoms with Gasteiger partial charge in [0.1, 0.15) is 12.2 Å². The number of rotatable bonds is 6. The number of esters is 1. The summed E-state index contributed by atoms with van der Waals surface area (Å²) in [6, 6.07) is 5.17. The van der Waals surface area contributed by atoms with E-state index in [1.54, 1.807) is 31.5 Å². The third kappa shape index (κ3) is 3.50. The van der Waals surface area contributed by atoms with Crippen LogP contribution in [0.4, 0.5) is 11.4 Å².